The molecule has 0 amide bonds. The molecule has 0 aliphatic heterocycles. The maximum Gasteiger partial charge on any atom is 0.163 e. The molecule has 0 saturated carbocycles. The lowest BCUT2D eigenvalue weighted by Gasteiger charge is -2.16. The second-order valence-electron chi connectivity index (χ2n) is 5.20. The second kappa shape index (κ2) is 6.00. The quantitative estimate of drug-likeness (QED) is 0.855. The minimum absolute atomic E-state index is 0.243. The van der Waals surface area contributed by atoms with Crippen LogP contribution in [0.4, 0.5) is 0 Å². The van der Waals surface area contributed by atoms with Gasteiger partial charge in [0.1, 0.15) is 18.1 Å². The van der Waals surface area contributed by atoms with Gasteiger partial charge in [0.05, 0.1) is 7.11 Å². The molecule has 0 spiro atoms. The number of hydrogen-bond acceptors (Lipinski definition) is 3. The van der Waals surface area contributed by atoms with Gasteiger partial charge >= 0.3 is 0 Å². The average molecular weight is 282 g/mol. The van der Waals surface area contributed by atoms with Crippen LogP contribution in [0.2, 0.25) is 0 Å². The van der Waals surface area contributed by atoms with Gasteiger partial charge in [0.15, 0.2) is 5.78 Å². The van der Waals surface area contributed by atoms with Crippen LogP contribution in [0.3, 0.4) is 0 Å². The number of ketones is 1. The van der Waals surface area contributed by atoms with Gasteiger partial charge in [-0.1, -0.05) is 18.2 Å². The minimum atomic E-state index is 0.243. The minimum Gasteiger partial charge on any atom is -0.496 e. The summed E-state index contributed by atoms with van der Waals surface area (Å²) in [6, 6.07) is 13.6. The van der Waals surface area contributed by atoms with Crippen molar-refractivity contribution in [1.29, 1.82) is 0 Å². The SMILES string of the molecule is COc1ccccc1COc1ccc2c(c1)CCCC2=O. The zero-order valence-corrected chi connectivity index (χ0v) is 12.1. The Morgan fingerprint density at radius 1 is 1.10 bits per heavy atom. The first-order valence-electron chi connectivity index (χ1n) is 7.19. The Bertz CT molecular complexity index is 661. The summed E-state index contributed by atoms with van der Waals surface area (Å²) in [5.41, 5.74) is 2.96. The van der Waals surface area contributed by atoms with Gasteiger partial charge in [0.25, 0.3) is 0 Å². The number of Topliss-reactive ketones (excluding diaryl/α,β-unsaturated/α-hetero) is 1. The molecule has 0 bridgehead atoms. The Hall–Kier alpha value is -2.29. The van der Waals surface area contributed by atoms with Crippen LogP contribution in [-0.2, 0) is 13.0 Å². The van der Waals surface area contributed by atoms with Crippen LogP contribution in [-0.4, -0.2) is 12.9 Å². The molecule has 1 aliphatic carbocycles. The number of carbonyl (C=O) groups excluding carboxylic acids is 1. The molecular formula is C18H18O3. The maximum absolute atomic E-state index is 11.8. The number of carbonyl (C=O) groups is 1. The molecule has 0 aromatic heterocycles. The monoisotopic (exact) mass is 282 g/mol. The molecule has 0 unspecified atom stereocenters. The number of methoxy groups -OCH3 is 1. The highest BCUT2D eigenvalue weighted by atomic mass is 16.5. The van der Waals surface area contributed by atoms with Crippen LogP contribution in [0.5, 0.6) is 11.5 Å². The predicted octanol–water partition coefficient (Wildman–Crippen LogP) is 3.79. The first kappa shape index (κ1) is 13.7. The van der Waals surface area contributed by atoms with Crippen molar-refractivity contribution < 1.29 is 14.3 Å². The van der Waals surface area contributed by atoms with Gasteiger partial charge in [-0.15, -0.1) is 0 Å². The summed E-state index contributed by atoms with van der Waals surface area (Å²) in [6.07, 6.45) is 2.54. The Balaban J connectivity index is 1.75. The topological polar surface area (TPSA) is 35.5 Å². The highest BCUT2D eigenvalue weighted by Crippen LogP contribution is 2.26. The van der Waals surface area contributed by atoms with E-state index in [1.54, 1.807) is 7.11 Å². The van der Waals surface area contributed by atoms with Crippen molar-refractivity contribution in [3.05, 3.63) is 59.2 Å². The third-order valence-corrected chi connectivity index (χ3v) is 3.81. The molecule has 0 N–H and O–H groups in total. The molecular weight excluding hydrogens is 264 g/mol. The van der Waals surface area contributed by atoms with Crippen LogP contribution in [0, 0.1) is 0 Å². The van der Waals surface area contributed by atoms with Crippen molar-refractivity contribution in [2.45, 2.75) is 25.9 Å². The van der Waals surface area contributed by atoms with Gasteiger partial charge in [0, 0.05) is 17.5 Å². The summed E-state index contributed by atoms with van der Waals surface area (Å²) >= 11 is 0. The van der Waals surface area contributed by atoms with E-state index in [0.717, 1.165) is 41.0 Å². The Kier molecular flexibility index (Phi) is 3.91. The molecule has 108 valence electrons. The first-order valence-corrected chi connectivity index (χ1v) is 7.19. The van der Waals surface area contributed by atoms with Crippen LogP contribution < -0.4 is 9.47 Å². The number of rotatable bonds is 4. The van der Waals surface area contributed by atoms with Crippen LogP contribution >= 0.6 is 0 Å². The number of fused-ring (bicyclic) bond motifs is 1. The molecule has 21 heavy (non-hydrogen) atoms. The predicted molar refractivity (Wildman–Crippen MR) is 81.0 cm³/mol. The van der Waals surface area contributed by atoms with Gasteiger partial charge in [0.2, 0.25) is 0 Å². The average Bonchev–Trinajstić information content (AvgIpc) is 2.53. The second-order valence-corrected chi connectivity index (χ2v) is 5.20. The highest BCUT2D eigenvalue weighted by Gasteiger charge is 2.17. The van der Waals surface area contributed by atoms with E-state index < -0.39 is 0 Å². The van der Waals surface area contributed by atoms with Gasteiger partial charge in [-0.05, 0) is 42.7 Å². The molecule has 0 saturated heterocycles. The fourth-order valence-corrected chi connectivity index (χ4v) is 2.70. The standard InChI is InChI=1S/C18H18O3/c1-20-18-8-3-2-5-14(18)12-21-15-9-10-16-13(11-15)6-4-7-17(16)19/h2-3,5,8-11H,4,6-7,12H2,1H3. The van der Waals surface area contributed by atoms with E-state index in [4.69, 9.17) is 9.47 Å². The van der Waals surface area contributed by atoms with Gasteiger partial charge < -0.3 is 9.47 Å². The molecule has 0 radical (unpaired) electrons. The molecule has 1 aliphatic rings. The fourth-order valence-electron chi connectivity index (χ4n) is 2.70. The van der Waals surface area contributed by atoms with Crippen molar-refractivity contribution >= 4 is 5.78 Å². The lowest BCUT2D eigenvalue weighted by molar-refractivity contribution is 0.0972. The number of para-hydroxylation sites is 1. The van der Waals surface area contributed by atoms with Crippen molar-refractivity contribution in [2.75, 3.05) is 7.11 Å². The number of hydrogen-bond donors (Lipinski definition) is 0. The molecule has 2 aromatic rings. The van der Waals surface area contributed by atoms with Gasteiger partial charge in [-0.3, -0.25) is 4.79 Å². The molecule has 3 rings (SSSR count). The Morgan fingerprint density at radius 2 is 1.95 bits per heavy atom. The first-order chi connectivity index (χ1) is 10.3. The number of ether oxygens (including phenoxy) is 2. The molecule has 0 heterocycles. The summed E-state index contributed by atoms with van der Waals surface area (Å²) in [5, 5.41) is 0. The highest BCUT2D eigenvalue weighted by molar-refractivity contribution is 5.98. The summed E-state index contributed by atoms with van der Waals surface area (Å²) < 4.78 is 11.2. The van der Waals surface area contributed by atoms with Crippen LogP contribution in [0.15, 0.2) is 42.5 Å². The summed E-state index contributed by atoms with van der Waals surface area (Å²) in [4.78, 5) is 11.8. The smallest absolute Gasteiger partial charge is 0.163 e. The van der Waals surface area contributed by atoms with Crippen LogP contribution in [0.25, 0.3) is 0 Å². The van der Waals surface area contributed by atoms with Gasteiger partial charge in [-0.25, -0.2) is 0 Å². The van der Waals surface area contributed by atoms with E-state index >= 15 is 0 Å². The van der Waals surface area contributed by atoms with Gasteiger partial charge in [-0.2, -0.15) is 0 Å². The van der Waals surface area contributed by atoms with E-state index in [1.165, 1.54) is 0 Å². The normalized spacial score (nSPS) is 13.7. The lowest BCUT2D eigenvalue weighted by Crippen LogP contribution is -2.10. The van der Waals surface area contributed by atoms with Crippen molar-refractivity contribution in [2.24, 2.45) is 0 Å². The molecule has 0 atom stereocenters. The zero-order valence-electron chi connectivity index (χ0n) is 12.1. The molecule has 2 aromatic carbocycles. The summed E-state index contributed by atoms with van der Waals surface area (Å²) in [5.74, 6) is 1.87. The van der Waals surface area contributed by atoms with E-state index in [-0.39, 0.29) is 5.78 Å². The van der Waals surface area contributed by atoms with Crippen molar-refractivity contribution in [3.63, 3.8) is 0 Å². The van der Waals surface area contributed by atoms with E-state index in [1.807, 2.05) is 42.5 Å². The third-order valence-electron chi connectivity index (χ3n) is 3.81. The number of aryl methyl sites for hydroxylation is 1. The lowest BCUT2D eigenvalue weighted by atomic mass is 9.90. The van der Waals surface area contributed by atoms with Crippen molar-refractivity contribution in [1.82, 2.24) is 0 Å². The molecule has 0 fully saturated rings. The van der Waals surface area contributed by atoms with E-state index in [2.05, 4.69) is 0 Å². The largest absolute Gasteiger partial charge is 0.496 e. The molecule has 3 nitrogen and oxygen atoms in total. The van der Waals surface area contributed by atoms with E-state index in [9.17, 15) is 4.79 Å². The summed E-state index contributed by atoms with van der Waals surface area (Å²) in [6.45, 7) is 0.455. The van der Waals surface area contributed by atoms with Crippen LogP contribution in [0.1, 0.15) is 34.3 Å². The zero-order chi connectivity index (χ0) is 14.7. The van der Waals surface area contributed by atoms with Crippen molar-refractivity contribution in [3.8, 4) is 11.5 Å². The fraction of sp³-hybridized carbons (Fsp3) is 0.278. The van der Waals surface area contributed by atoms with E-state index in [0.29, 0.717) is 13.0 Å². The maximum atomic E-state index is 11.8. The Morgan fingerprint density at radius 3 is 2.81 bits per heavy atom. The molecule has 3 heteroatoms. The third kappa shape index (κ3) is 2.92. The Labute approximate surface area is 124 Å². The number of benzene rings is 2. The summed E-state index contributed by atoms with van der Waals surface area (Å²) in [7, 11) is 1.66.